The second-order valence-electron chi connectivity index (χ2n) is 3.92. The van der Waals surface area contributed by atoms with Crippen LogP contribution in [-0.2, 0) is 9.53 Å². The van der Waals surface area contributed by atoms with Crippen molar-refractivity contribution in [1.29, 1.82) is 0 Å². The molecule has 15 heavy (non-hydrogen) atoms. The van der Waals surface area contributed by atoms with E-state index < -0.39 is 12.1 Å². The third kappa shape index (κ3) is 6.07. The van der Waals surface area contributed by atoms with E-state index in [9.17, 15) is 9.90 Å². The highest BCUT2D eigenvalue weighted by Gasteiger charge is 2.17. The van der Waals surface area contributed by atoms with E-state index in [1.165, 1.54) is 0 Å². The molecule has 3 heteroatoms. The molecule has 0 fully saturated rings. The van der Waals surface area contributed by atoms with Crippen LogP contribution in [0.5, 0.6) is 0 Å². The third-order valence-corrected chi connectivity index (χ3v) is 1.95. The van der Waals surface area contributed by atoms with Crippen molar-refractivity contribution in [2.24, 2.45) is 0 Å². The minimum absolute atomic E-state index is 0.198. The lowest BCUT2D eigenvalue weighted by atomic mass is 10.0. The maximum absolute atomic E-state index is 11.2. The van der Waals surface area contributed by atoms with E-state index in [0.717, 1.165) is 11.1 Å². The van der Waals surface area contributed by atoms with E-state index in [4.69, 9.17) is 4.74 Å². The van der Waals surface area contributed by atoms with Gasteiger partial charge in [0.15, 0.2) is 6.10 Å². The number of esters is 1. The fraction of sp³-hybridized carbons (Fsp3) is 0.583. The molecular formula is C12H20O3. The first kappa shape index (κ1) is 13.9. The molecule has 0 radical (unpaired) electrons. The van der Waals surface area contributed by atoms with Crippen molar-refractivity contribution in [2.75, 3.05) is 0 Å². The number of rotatable bonds is 6. The molecule has 0 aromatic carbocycles. The standard InChI is InChI=1S/C12H20O3/c1-8(2)10(5)6-7-11(13)12(14)15-9(3)4/h9,11,13H,1,5-7H2,2-4H3. The molecule has 0 aliphatic rings. The summed E-state index contributed by atoms with van der Waals surface area (Å²) in [5, 5.41) is 9.45. The fourth-order valence-corrected chi connectivity index (χ4v) is 0.953. The second kappa shape index (κ2) is 6.40. The number of allylic oxidation sites excluding steroid dienone is 2. The smallest absolute Gasteiger partial charge is 0.335 e. The molecule has 0 rings (SSSR count). The summed E-state index contributed by atoms with van der Waals surface area (Å²) in [5.74, 6) is -0.570. The number of aliphatic hydroxyl groups excluding tert-OH is 1. The number of hydrogen-bond donors (Lipinski definition) is 1. The number of carbonyl (C=O) groups is 1. The zero-order valence-electron chi connectivity index (χ0n) is 9.75. The molecule has 1 atom stereocenters. The lowest BCUT2D eigenvalue weighted by Crippen LogP contribution is -2.25. The van der Waals surface area contributed by atoms with Gasteiger partial charge >= 0.3 is 5.97 Å². The summed E-state index contributed by atoms with van der Waals surface area (Å²) in [6.07, 6.45) is -0.374. The Bertz CT molecular complexity index is 254. The highest BCUT2D eigenvalue weighted by molar-refractivity contribution is 5.74. The van der Waals surface area contributed by atoms with Gasteiger partial charge in [0.1, 0.15) is 0 Å². The van der Waals surface area contributed by atoms with Gasteiger partial charge in [-0.25, -0.2) is 4.79 Å². The molecule has 3 nitrogen and oxygen atoms in total. The van der Waals surface area contributed by atoms with Gasteiger partial charge in [-0.05, 0) is 33.6 Å². The van der Waals surface area contributed by atoms with Gasteiger partial charge < -0.3 is 9.84 Å². The SMILES string of the molecule is C=C(C)C(=C)CCC(O)C(=O)OC(C)C. The molecule has 0 aromatic heterocycles. The fourth-order valence-electron chi connectivity index (χ4n) is 0.953. The first-order chi connectivity index (χ1) is 6.84. The van der Waals surface area contributed by atoms with E-state index >= 15 is 0 Å². The Hall–Kier alpha value is -1.09. The minimum Gasteiger partial charge on any atom is -0.461 e. The van der Waals surface area contributed by atoms with Gasteiger partial charge in [-0.15, -0.1) is 0 Å². The lowest BCUT2D eigenvalue weighted by molar-refractivity contribution is -0.157. The number of carbonyl (C=O) groups excluding carboxylic acids is 1. The Morgan fingerprint density at radius 2 is 1.93 bits per heavy atom. The van der Waals surface area contributed by atoms with Crippen molar-refractivity contribution in [3.05, 3.63) is 24.3 Å². The Labute approximate surface area is 91.4 Å². The Kier molecular flexibility index (Phi) is 5.94. The van der Waals surface area contributed by atoms with E-state index in [0.29, 0.717) is 12.8 Å². The topological polar surface area (TPSA) is 46.5 Å². The molecule has 86 valence electrons. The first-order valence-corrected chi connectivity index (χ1v) is 5.06. The molecule has 0 aromatic rings. The van der Waals surface area contributed by atoms with E-state index in [1.807, 2.05) is 6.92 Å². The van der Waals surface area contributed by atoms with Crippen molar-refractivity contribution in [3.8, 4) is 0 Å². The van der Waals surface area contributed by atoms with Crippen LogP contribution in [-0.4, -0.2) is 23.3 Å². The summed E-state index contributed by atoms with van der Waals surface area (Å²) in [5.41, 5.74) is 1.73. The monoisotopic (exact) mass is 212 g/mol. The van der Waals surface area contributed by atoms with E-state index in [1.54, 1.807) is 13.8 Å². The predicted molar refractivity (Wildman–Crippen MR) is 60.4 cm³/mol. The van der Waals surface area contributed by atoms with Gasteiger partial charge in [-0.1, -0.05) is 24.3 Å². The van der Waals surface area contributed by atoms with Crippen molar-refractivity contribution in [2.45, 2.75) is 45.8 Å². The van der Waals surface area contributed by atoms with Crippen molar-refractivity contribution < 1.29 is 14.6 Å². The summed E-state index contributed by atoms with van der Waals surface area (Å²) in [4.78, 5) is 11.2. The van der Waals surface area contributed by atoms with Crippen LogP contribution in [0, 0.1) is 0 Å². The Balaban J connectivity index is 3.93. The first-order valence-electron chi connectivity index (χ1n) is 5.06. The molecule has 0 spiro atoms. The van der Waals surface area contributed by atoms with E-state index in [-0.39, 0.29) is 6.10 Å². The molecule has 0 amide bonds. The Morgan fingerprint density at radius 3 is 2.33 bits per heavy atom. The normalized spacial score (nSPS) is 12.3. The van der Waals surface area contributed by atoms with Crippen LogP contribution in [0.25, 0.3) is 0 Å². The summed E-state index contributed by atoms with van der Waals surface area (Å²) >= 11 is 0. The number of hydrogen-bond acceptors (Lipinski definition) is 3. The van der Waals surface area contributed by atoms with Crippen LogP contribution in [0.1, 0.15) is 33.6 Å². The van der Waals surface area contributed by atoms with Crippen molar-refractivity contribution in [3.63, 3.8) is 0 Å². The van der Waals surface area contributed by atoms with Gasteiger partial charge in [-0.3, -0.25) is 0 Å². The summed E-state index contributed by atoms with van der Waals surface area (Å²) in [6, 6.07) is 0. The largest absolute Gasteiger partial charge is 0.461 e. The van der Waals surface area contributed by atoms with Crippen LogP contribution >= 0.6 is 0 Å². The molecule has 0 aliphatic heterocycles. The molecule has 1 unspecified atom stereocenters. The third-order valence-electron chi connectivity index (χ3n) is 1.95. The quantitative estimate of drug-likeness (QED) is 0.542. The van der Waals surface area contributed by atoms with Crippen LogP contribution < -0.4 is 0 Å². The van der Waals surface area contributed by atoms with Crippen molar-refractivity contribution in [1.82, 2.24) is 0 Å². The molecule has 0 bridgehead atoms. The zero-order chi connectivity index (χ0) is 12.0. The van der Waals surface area contributed by atoms with Gasteiger partial charge in [0.25, 0.3) is 0 Å². The molecule has 0 saturated heterocycles. The summed E-state index contributed by atoms with van der Waals surface area (Å²) < 4.78 is 4.86. The summed E-state index contributed by atoms with van der Waals surface area (Å²) in [6.45, 7) is 12.9. The van der Waals surface area contributed by atoms with Gasteiger partial charge in [0.05, 0.1) is 6.10 Å². The highest BCUT2D eigenvalue weighted by atomic mass is 16.6. The highest BCUT2D eigenvalue weighted by Crippen LogP contribution is 2.13. The molecule has 1 N–H and O–H groups in total. The minimum atomic E-state index is -1.07. The van der Waals surface area contributed by atoms with Gasteiger partial charge in [0.2, 0.25) is 0 Å². The predicted octanol–water partition coefficient (Wildman–Crippen LogP) is 2.21. The molecule has 0 heterocycles. The second-order valence-corrected chi connectivity index (χ2v) is 3.92. The van der Waals surface area contributed by atoms with E-state index in [2.05, 4.69) is 13.2 Å². The van der Waals surface area contributed by atoms with Gasteiger partial charge in [-0.2, -0.15) is 0 Å². The van der Waals surface area contributed by atoms with Gasteiger partial charge in [0, 0.05) is 0 Å². The zero-order valence-corrected chi connectivity index (χ0v) is 9.75. The summed E-state index contributed by atoms with van der Waals surface area (Å²) in [7, 11) is 0. The van der Waals surface area contributed by atoms with Crippen LogP contribution in [0.3, 0.4) is 0 Å². The van der Waals surface area contributed by atoms with Crippen molar-refractivity contribution >= 4 is 5.97 Å². The van der Waals surface area contributed by atoms with Crippen LogP contribution in [0.15, 0.2) is 24.3 Å². The maximum atomic E-state index is 11.2. The molecule has 0 aliphatic carbocycles. The maximum Gasteiger partial charge on any atom is 0.335 e. The van der Waals surface area contributed by atoms with Crippen LogP contribution in [0.4, 0.5) is 0 Å². The Morgan fingerprint density at radius 1 is 1.40 bits per heavy atom. The number of ether oxygens (including phenoxy) is 1. The lowest BCUT2D eigenvalue weighted by Gasteiger charge is -2.13. The molecular weight excluding hydrogens is 192 g/mol. The molecule has 0 saturated carbocycles. The number of aliphatic hydroxyl groups is 1. The van der Waals surface area contributed by atoms with Crippen LogP contribution in [0.2, 0.25) is 0 Å². The average Bonchev–Trinajstić information content (AvgIpc) is 2.12. The average molecular weight is 212 g/mol.